The van der Waals surface area contributed by atoms with E-state index in [2.05, 4.69) is 33.9 Å². The zero-order chi connectivity index (χ0) is 29.2. The normalized spacial score (nSPS) is 19.7. The number of ether oxygens (including phenoxy) is 2. The Morgan fingerprint density at radius 1 is 1.05 bits per heavy atom. The number of nitrogens with zero attached hydrogens (tertiary/aromatic N) is 1. The fourth-order valence-corrected chi connectivity index (χ4v) is 6.79. The van der Waals surface area contributed by atoms with Gasteiger partial charge >= 0.3 is 12.1 Å². The van der Waals surface area contributed by atoms with E-state index in [4.69, 9.17) is 13.9 Å². The van der Waals surface area contributed by atoms with Crippen molar-refractivity contribution in [3.05, 3.63) is 60.2 Å². The summed E-state index contributed by atoms with van der Waals surface area (Å²) in [6.45, 7) is 12.2. The smallest absolute Gasteiger partial charge is 0.490 e. The molecule has 1 amide bonds. The number of amides is 1. The molecule has 2 aromatic rings. The Morgan fingerprint density at radius 3 is 2.15 bits per heavy atom. The van der Waals surface area contributed by atoms with Crippen LogP contribution in [0.3, 0.4) is 0 Å². The van der Waals surface area contributed by atoms with Gasteiger partial charge in [0, 0.05) is 11.4 Å². The molecule has 0 aromatic heterocycles. The summed E-state index contributed by atoms with van der Waals surface area (Å²) in [6.07, 6.45) is -5.78. The lowest BCUT2D eigenvalue weighted by molar-refractivity contribution is -0.208. The van der Waals surface area contributed by atoms with Crippen LogP contribution in [-0.4, -0.2) is 56.0 Å². The minimum Gasteiger partial charge on any atom is -0.497 e. The lowest BCUT2D eigenvalue weighted by Crippen LogP contribution is -2.69. The van der Waals surface area contributed by atoms with E-state index in [9.17, 15) is 22.8 Å². The number of likely N-dealkylation sites (tertiary alicyclic amines) is 1. The van der Waals surface area contributed by atoms with Gasteiger partial charge in [-0.2, -0.15) is 13.2 Å². The van der Waals surface area contributed by atoms with Crippen LogP contribution in [0, 0.1) is 5.92 Å². The molecule has 1 unspecified atom stereocenters. The van der Waals surface area contributed by atoms with Crippen LogP contribution in [0.4, 0.5) is 13.2 Å². The third kappa shape index (κ3) is 7.37. The van der Waals surface area contributed by atoms with Crippen LogP contribution in [0.5, 0.6) is 5.75 Å². The molecular weight excluding hydrogens is 547 g/mol. The molecule has 1 aliphatic heterocycles. The first-order valence-corrected chi connectivity index (χ1v) is 16.4. The number of hydrogen-bond acceptors (Lipinski definition) is 6. The topological polar surface area (TPSA) is 65.1 Å². The van der Waals surface area contributed by atoms with Crippen LogP contribution < -0.4 is 4.74 Å². The minimum atomic E-state index is -5.18. The number of halogens is 3. The van der Waals surface area contributed by atoms with Crippen molar-refractivity contribution in [3.8, 4) is 5.75 Å². The summed E-state index contributed by atoms with van der Waals surface area (Å²) in [6, 6.07) is 14.9. The van der Waals surface area contributed by atoms with Crippen molar-refractivity contribution in [2.75, 3.05) is 7.11 Å². The third-order valence-electron chi connectivity index (χ3n) is 7.33. The maximum Gasteiger partial charge on any atom is 0.490 e. The van der Waals surface area contributed by atoms with Gasteiger partial charge in [-0.05, 0) is 54.9 Å². The SMILES string of the molecule is COc1ccc(CN2C(=O)[C@H]([C@@H](C)O[Si](C)(C)C(C)(C)C)[C@H]2C(OC(=O)C(F)(F)F)Sc2ccccc2)cc1. The molecule has 39 heavy (non-hydrogen) atoms. The first-order valence-electron chi connectivity index (χ1n) is 12.7. The number of thioether (sulfide) groups is 1. The van der Waals surface area contributed by atoms with E-state index in [0.29, 0.717) is 10.6 Å². The number of hydrogen-bond donors (Lipinski definition) is 0. The molecule has 1 aliphatic rings. The largest absolute Gasteiger partial charge is 0.497 e. The highest BCUT2D eigenvalue weighted by atomic mass is 32.2. The molecule has 0 spiro atoms. The highest BCUT2D eigenvalue weighted by Gasteiger charge is 2.57. The Hall–Kier alpha value is -2.50. The summed E-state index contributed by atoms with van der Waals surface area (Å²) in [5, 5.41) is -0.146. The van der Waals surface area contributed by atoms with Gasteiger partial charge < -0.3 is 18.8 Å². The van der Waals surface area contributed by atoms with Crippen molar-refractivity contribution in [1.82, 2.24) is 4.90 Å². The Labute approximate surface area is 233 Å². The fraction of sp³-hybridized carbons (Fsp3) is 0.500. The average molecular weight is 584 g/mol. The number of benzene rings is 2. The summed E-state index contributed by atoms with van der Waals surface area (Å²) in [4.78, 5) is 27.7. The van der Waals surface area contributed by atoms with Crippen LogP contribution in [0.15, 0.2) is 59.5 Å². The van der Waals surface area contributed by atoms with Crippen LogP contribution in [-0.2, 0) is 25.3 Å². The molecule has 0 bridgehead atoms. The second kappa shape index (κ2) is 11.9. The summed E-state index contributed by atoms with van der Waals surface area (Å²) >= 11 is 0.983. The van der Waals surface area contributed by atoms with Crippen molar-refractivity contribution < 1.29 is 36.7 Å². The lowest BCUT2D eigenvalue weighted by Gasteiger charge is -2.53. The zero-order valence-electron chi connectivity index (χ0n) is 23.2. The first kappa shape index (κ1) is 31.0. The van der Waals surface area contributed by atoms with E-state index < -0.39 is 44.0 Å². The molecule has 0 saturated carbocycles. The van der Waals surface area contributed by atoms with Gasteiger partial charge in [-0.1, -0.05) is 62.9 Å². The Kier molecular flexibility index (Phi) is 9.49. The number of rotatable bonds is 10. The molecule has 1 heterocycles. The Morgan fingerprint density at radius 2 is 1.64 bits per heavy atom. The van der Waals surface area contributed by atoms with Gasteiger partial charge in [-0.25, -0.2) is 4.79 Å². The number of carbonyl (C=O) groups is 2. The second-order valence-electron chi connectivity index (χ2n) is 11.1. The van der Waals surface area contributed by atoms with Gasteiger partial charge in [0.25, 0.3) is 0 Å². The van der Waals surface area contributed by atoms with Crippen LogP contribution in [0.25, 0.3) is 0 Å². The van der Waals surface area contributed by atoms with Gasteiger partial charge in [0.05, 0.1) is 25.2 Å². The summed E-state index contributed by atoms with van der Waals surface area (Å²) in [7, 11) is -0.789. The lowest BCUT2D eigenvalue weighted by atomic mass is 9.83. The van der Waals surface area contributed by atoms with E-state index in [1.807, 2.05) is 0 Å². The molecule has 4 atom stereocenters. The van der Waals surface area contributed by atoms with Crippen molar-refractivity contribution in [3.63, 3.8) is 0 Å². The van der Waals surface area contributed by atoms with Crippen molar-refractivity contribution in [1.29, 1.82) is 0 Å². The zero-order valence-corrected chi connectivity index (χ0v) is 25.1. The average Bonchev–Trinajstić information content (AvgIpc) is 2.84. The molecule has 6 nitrogen and oxygen atoms in total. The van der Waals surface area contributed by atoms with Crippen molar-refractivity contribution in [2.24, 2.45) is 5.92 Å². The molecule has 1 fully saturated rings. The first-order chi connectivity index (χ1) is 18.0. The number of esters is 1. The predicted octanol–water partition coefficient (Wildman–Crippen LogP) is 6.66. The Bertz CT molecular complexity index is 1140. The standard InChI is InChI=1S/C28H36F3NO5SSi/c1-18(37-39(6,7)27(2,3)4)22-23(32(24(22)33)17-19-13-15-20(35-5)16-14-19)25(36-26(34)28(29,30)31)38-21-11-9-8-10-12-21/h8-16,18,22-23,25H,17H2,1-7H3/t18-,22-,23+,25?/m1/s1. The van der Waals surface area contributed by atoms with Crippen LogP contribution in [0.2, 0.25) is 18.1 Å². The molecule has 0 radical (unpaired) electrons. The van der Waals surface area contributed by atoms with Gasteiger partial charge in [0.2, 0.25) is 5.91 Å². The molecule has 1 saturated heterocycles. The van der Waals surface area contributed by atoms with Crippen molar-refractivity contribution in [2.45, 2.75) is 81.0 Å². The highest BCUT2D eigenvalue weighted by molar-refractivity contribution is 7.99. The molecular formula is C28H36F3NO5SSi. The van der Waals surface area contributed by atoms with E-state index in [0.717, 1.165) is 17.3 Å². The highest BCUT2D eigenvalue weighted by Crippen LogP contribution is 2.45. The van der Waals surface area contributed by atoms with Gasteiger partial charge in [-0.15, -0.1) is 0 Å². The summed E-state index contributed by atoms with van der Waals surface area (Å²) in [5.41, 5.74) is -0.552. The van der Waals surface area contributed by atoms with Crippen LogP contribution in [0.1, 0.15) is 33.3 Å². The predicted molar refractivity (Wildman–Crippen MR) is 147 cm³/mol. The van der Waals surface area contributed by atoms with E-state index in [-0.39, 0.29) is 17.5 Å². The maximum atomic E-state index is 13.6. The fourth-order valence-electron chi connectivity index (χ4n) is 4.19. The summed E-state index contributed by atoms with van der Waals surface area (Å²) in [5.74, 6) is -2.71. The number of β-lactam (4-membered cyclic amide) rings is 1. The number of alkyl halides is 3. The van der Waals surface area contributed by atoms with E-state index in [1.54, 1.807) is 68.6 Å². The third-order valence-corrected chi connectivity index (χ3v) is 13.1. The van der Waals surface area contributed by atoms with Gasteiger partial charge in [-0.3, -0.25) is 4.79 Å². The van der Waals surface area contributed by atoms with Gasteiger partial charge in [0.1, 0.15) is 5.75 Å². The molecule has 0 N–H and O–H groups in total. The Balaban J connectivity index is 1.99. The van der Waals surface area contributed by atoms with Crippen LogP contribution >= 0.6 is 11.8 Å². The summed E-state index contributed by atoms with van der Waals surface area (Å²) < 4.78 is 56.8. The van der Waals surface area contributed by atoms with E-state index >= 15 is 0 Å². The maximum absolute atomic E-state index is 13.6. The molecule has 11 heteroatoms. The molecule has 2 aromatic carbocycles. The number of methoxy groups -OCH3 is 1. The second-order valence-corrected chi connectivity index (χ2v) is 17.0. The van der Waals surface area contributed by atoms with Gasteiger partial charge in [0.15, 0.2) is 13.8 Å². The monoisotopic (exact) mass is 583 g/mol. The molecule has 0 aliphatic carbocycles. The molecule has 214 valence electrons. The minimum absolute atomic E-state index is 0.131. The van der Waals surface area contributed by atoms with Crippen molar-refractivity contribution >= 4 is 32.0 Å². The quantitative estimate of drug-likeness (QED) is 0.103. The van der Waals surface area contributed by atoms with E-state index in [1.165, 1.54) is 4.90 Å². The molecule has 3 rings (SSSR count). The number of carbonyl (C=O) groups excluding carboxylic acids is 2.